The van der Waals surface area contributed by atoms with Crippen LogP contribution < -0.4 is 0 Å². The molecule has 1 aliphatic carbocycles. The molecule has 0 radical (unpaired) electrons. The van der Waals surface area contributed by atoms with Gasteiger partial charge in [0.25, 0.3) is 0 Å². The second kappa shape index (κ2) is 11.3. The van der Waals surface area contributed by atoms with Gasteiger partial charge in [0.05, 0.1) is 0 Å². The minimum atomic E-state index is 1.04. The number of halogens is 1. The van der Waals surface area contributed by atoms with Crippen LogP contribution in [0.4, 0.5) is 0 Å². The number of hydrogen-bond acceptors (Lipinski definition) is 1. The van der Waals surface area contributed by atoms with Crippen LogP contribution in [0.1, 0.15) is 71.1 Å². The van der Waals surface area contributed by atoms with Crippen molar-refractivity contribution in [3.63, 3.8) is 0 Å². The average molecular weight is 318 g/mol. The summed E-state index contributed by atoms with van der Waals surface area (Å²) >= 11 is 3.49. The molecule has 0 aromatic carbocycles. The molecular weight excluding hydrogens is 286 g/mol. The molecule has 0 aromatic heterocycles. The standard InChI is InChI=1S/C16H32BrN/c1-2-18(15-16-11-10-12-16)14-9-7-5-3-4-6-8-13-17/h16H,2-15H2,1H3. The molecule has 0 unspecified atom stereocenters. The minimum Gasteiger partial charge on any atom is -0.303 e. The Morgan fingerprint density at radius 1 is 0.944 bits per heavy atom. The van der Waals surface area contributed by atoms with E-state index in [9.17, 15) is 0 Å². The van der Waals surface area contributed by atoms with Crippen molar-refractivity contribution in [3.05, 3.63) is 0 Å². The van der Waals surface area contributed by atoms with Crippen LogP contribution in [0.5, 0.6) is 0 Å². The number of hydrogen-bond donors (Lipinski definition) is 0. The van der Waals surface area contributed by atoms with E-state index in [4.69, 9.17) is 0 Å². The zero-order chi connectivity index (χ0) is 13.1. The summed E-state index contributed by atoms with van der Waals surface area (Å²) in [5.74, 6) is 1.04. The summed E-state index contributed by atoms with van der Waals surface area (Å²) in [7, 11) is 0. The Hall–Kier alpha value is 0.440. The molecule has 1 aliphatic rings. The maximum Gasteiger partial charge on any atom is 0.00313 e. The first-order chi connectivity index (χ1) is 8.86. The molecule has 1 nitrogen and oxygen atoms in total. The van der Waals surface area contributed by atoms with Crippen LogP contribution >= 0.6 is 15.9 Å². The quantitative estimate of drug-likeness (QED) is 0.351. The second-order valence-electron chi connectivity index (χ2n) is 5.85. The molecule has 0 atom stereocenters. The predicted octanol–water partition coefficient (Wildman–Crippen LogP) is 5.23. The third-order valence-electron chi connectivity index (χ3n) is 4.30. The SMILES string of the molecule is CCN(CCCCCCCCCBr)CC1CCC1. The highest BCUT2D eigenvalue weighted by atomic mass is 79.9. The molecule has 1 saturated carbocycles. The van der Waals surface area contributed by atoms with Crippen molar-refractivity contribution in [2.45, 2.75) is 71.1 Å². The van der Waals surface area contributed by atoms with E-state index in [2.05, 4.69) is 27.8 Å². The molecule has 0 saturated heterocycles. The average Bonchev–Trinajstić information content (AvgIpc) is 2.34. The van der Waals surface area contributed by atoms with Crippen LogP contribution in [-0.2, 0) is 0 Å². The van der Waals surface area contributed by atoms with Gasteiger partial charge in [-0.25, -0.2) is 0 Å². The van der Waals surface area contributed by atoms with Gasteiger partial charge in [-0.2, -0.15) is 0 Å². The molecule has 1 fully saturated rings. The fraction of sp³-hybridized carbons (Fsp3) is 1.00. The van der Waals surface area contributed by atoms with Crippen LogP contribution in [0, 0.1) is 5.92 Å². The van der Waals surface area contributed by atoms with E-state index in [1.165, 1.54) is 89.2 Å². The van der Waals surface area contributed by atoms with Crippen LogP contribution in [0.25, 0.3) is 0 Å². The van der Waals surface area contributed by atoms with E-state index in [1.54, 1.807) is 0 Å². The van der Waals surface area contributed by atoms with Gasteiger partial charge < -0.3 is 4.90 Å². The zero-order valence-corrected chi connectivity index (χ0v) is 13.9. The van der Waals surface area contributed by atoms with Gasteiger partial charge in [-0.05, 0) is 44.7 Å². The smallest absolute Gasteiger partial charge is 0.00313 e. The van der Waals surface area contributed by atoms with Crippen molar-refractivity contribution in [3.8, 4) is 0 Å². The van der Waals surface area contributed by atoms with Crippen LogP contribution in [0.3, 0.4) is 0 Å². The summed E-state index contributed by atoms with van der Waals surface area (Å²) in [6, 6.07) is 0. The van der Waals surface area contributed by atoms with E-state index < -0.39 is 0 Å². The molecular formula is C16H32BrN. The van der Waals surface area contributed by atoms with Gasteiger partial charge >= 0.3 is 0 Å². The van der Waals surface area contributed by atoms with Crippen molar-refractivity contribution in [2.75, 3.05) is 25.0 Å². The van der Waals surface area contributed by atoms with Gasteiger partial charge in [0.2, 0.25) is 0 Å². The first-order valence-corrected chi connectivity index (χ1v) is 9.27. The molecule has 0 amide bonds. The van der Waals surface area contributed by atoms with Gasteiger partial charge in [-0.15, -0.1) is 0 Å². The van der Waals surface area contributed by atoms with Crippen LogP contribution in [0.2, 0.25) is 0 Å². The number of rotatable bonds is 12. The number of alkyl halides is 1. The van der Waals surface area contributed by atoms with Crippen molar-refractivity contribution in [1.29, 1.82) is 0 Å². The maximum atomic E-state index is 3.49. The first-order valence-electron chi connectivity index (χ1n) is 8.15. The highest BCUT2D eigenvalue weighted by Crippen LogP contribution is 2.27. The molecule has 0 spiro atoms. The van der Waals surface area contributed by atoms with Crippen molar-refractivity contribution >= 4 is 15.9 Å². The Labute approximate surface area is 123 Å². The normalized spacial score (nSPS) is 16.2. The lowest BCUT2D eigenvalue weighted by Crippen LogP contribution is -2.33. The van der Waals surface area contributed by atoms with E-state index in [1.807, 2.05) is 0 Å². The lowest BCUT2D eigenvalue weighted by molar-refractivity contribution is 0.181. The van der Waals surface area contributed by atoms with Crippen LogP contribution in [-0.4, -0.2) is 29.9 Å². The molecule has 1 rings (SSSR count). The van der Waals surface area contributed by atoms with Crippen molar-refractivity contribution < 1.29 is 0 Å². The van der Waals surface area contributed by atoms with Crippen molar-refractivity contribution in [1.82, 2.24) is 4.90 Å². The first kappa shape index (κ1) is 16.5. The molecule has 18 heavy (non-hydrogen) atoms. The number of nitrogens with zero attached hydrogens (tertiary/aromatic N) is 1. The highest BCUT2D eigenvalue weighted by molar-refractivity contribution is 9.09. The Balaban J connectivity index is 1.85. The fourth-order valence-electron chi connectivity index (χ4n) is 2.73. The lowest BCUT2D eigenvalue weighted by atomic mass is 9.85. The van der Waals surface area contributed by atoms with E-state index in [-0.39, 0.29) is 0 Å². The van der Waals surface area contributed by atoms with Crippen molar-refractivity contribution in [2.24, 2.45) is 5.92 Å². The van der Waals surface area contributed by atoms with E-state index in [0.29, 0.717) is 0 Å². The third kappa shape index (κ3) is 7.78. The molecule has 0 aromatic rings. The molecule has 2 heteroatoms. The van der Waals surface area contributed by atoms with Gasteiger partial charge in [-0.1, -0.05) is 61.4 Å². The fourth-order valence-corrected chi connectivity index (χ4v) is 3.13. The largest absolute Gasteiger partial charge is 0.303 e. The summed E-state index contributed by atoms with van der Waals surface area (Å²) in [5.41, 5.74) is 0. The summed E-state index contributed by atoms with van der Waals surface area (Å²) in [6.45, 7) is 6.29. The predicted molar refractivity (Wildman–Crippen MR) is 85.6 cm³/mol. The Morgan fingerprint density at radius 2 is 1.56 bits per heavy atom. The monoisotopic (exact) mass is 317 g/mol. The molecule has 0 bridgehead atoms. The highest BCUT2D eigenvalue weighted by Gasteiger charge is 2.19. The Bertz CT molecular complexity index is 180. The second-order valence-corrected chi connectivity index (χ2v) is 6.65. The lowest BCUT2D eigenvalue weighted by Gasteiger charge is -2.31. The van der Waals surface area contributed by atoms with Gasteiger partial charge in [0.1, 0.15) is 0 Å². The topological polar surface area (TPSA) is 3.24 Å². The van der Waals surface area contributed by atoms with Gasteiger partial charge in [0, 0.05) is 11.9 Å². The van der Waals surface area contributed by atoms with Gasteiger partial charge in [-0.3, -0.25) is 0 Å². The summed E-state index contributed by atoms with van der Waals surface area (Å²) < 4.78 is 0. The summed E-state index contributed by atoms with van der Waals surface area (Å²) in [4.78, 5) is 2.68. The minimum absolute atomic E-state index is 1.04. The summed E-state index contributed by atoms with van der Waals surface area (Å²) in [6.07, 6.45) is 14.4. The Kier molecular flexibility index (Phi) is 10.3. The molecule has 0 N–H and O–H groups in total. The van der Waals surface area contributed by atoms with E-state index >= 15 is 0 Å². The third-order valence-corrected chi connectivity index (χ3v) is 4.86. The Morgan fingerprint density at radius 3 is 2.06 bits per heavy atom. The number of unbranched alkanes of at least 4 members (excludes halogenated alkanes) is 6. The molecule has 108 valence electrons. The maximum absolute atomic E-state index is 3.49. The van der Waals surface area contributed by atoms with Gasteiger partial charge in [0.15, 0.2) is 0 Å². The van der Waals surface area contributed by atoms with Crippen LogP contribution in [0.15, 0.2) is 0 Å². The molecule has 0 aliphatic heterocycles. The van der Waals surface area contributed by atoms with E-state index in [0.717, 1.165) is 5.92 Å². The zero-order valence-electron chi connectivity index (χ0n) is 12.3. The molecule has 0 heterocycles. The summed E-state index contributed by atoms with van der Waals surface area (Å²) in [5, 5.41) is 1.18.